The molecular weight excluding hydrogens is 326 g/mol. The number of sulfonamides is 1. The zero-order valence-corrected chi connectivity index (χ0v) is 15.3. The Bertz CT molecular complexity index is 638. The lowest BCUT2D eigenvalue weighted by molar-refractivity contribution is -0.120. The summed E-state index contributed by atoms with van der Waals surface area (Å²) < 4.78 is 25.5. The highest BCUT2D eigenvalue weighted by molar-refractivity contribution is 7.92. The van der Waals surface area contributed by atoms with E-state index in [1.807, 2.05) is 24.3 Å². The van der Waals surface area contributed by atoms with E-state index in [2.05, 4.69) is 10.2 Å². The van der Waals surface area contributed by atoms with Crippen molar-refractivity contribution >= 4 is 27.3 Å². The molecule has 1 aromatic carbocycles. The van der Waals surface area contributed by atoms with Gasteiger partial charge in [-0.3, -0.25) is 9.10 Å². The fraction of sp³-hybridized carbons (Fsp3) is 0.588. The molecule has 0 atom stereocenters. The first-order chi connectivity index (χ1) is 11.4. The highest BCUT2D eigenvalue weighted by Gasteiger charge is 2.18. The zero-order chi connectivity index (χ0) is 17.6. The maximum Gasteiger partial charge on any atom is 0.232 e. The van der Waals surface area contributed by atoms with Gasteiger partial charge in [-0.1, -0.05) is 6.92 Å². The second-order valence-electron chi connectivity index (χ2n) is 6.10. The minimum absolute atomic E-state index is 0.0797. The van der Waals surface area contributed by atoms with E-state index in [0.29, 0.717) is 18.7 Å². The molecule has 0 saturated carbocycles. The Labute approximate surface area is 144 Å². The summed E-state index contributed by atoms with van der Waals surface area (Å²) in [6, 6.07) is 7.63. The van der Waals surface area contributed by atoms with Gasteiger partial charge in [-0.25, -0.2) is 8.42 Å². The molecule has 0 radical (unpaired) electrons. The quantitative estimate of drug-likeness (QED) is 0.814. The largest absolute Gasteiger partial charge is 0.372 e. The molecule has 1 aromatic rings. The van der Waals surface area contributed by atoms with Crippen LogP contribution in [0.4, 0.5) is 11.4 Å². The lowest BCUT2D eigenvalue weighted by Crippen LogP contribution is -2.38. The Hall–Kier alpha value is -1.76. The van der Waals surface area contributed by atoms with Gasteiger partial charge in [-0.15, -0.1) is 0 Å². The SMILES string of the molecule is CCC(=O)NCCN(c1ccc(N2CCCCC2)cc1)S(C)(=O)=O. The van der Waals surface area contributed by atoms with Gasteiger partial charge < -0.3 is 10.2 Å². The summed E-state index contributed by atoms with van der Waals surface area (Å²) in [6.07, 6.45) is 5.26. The van der Waals surface area contributed by atoms with Crippen molar-refractivity contribution in [2.75, 3.05) is 41.6 Å². The summed E-state index contributed by atoms with van der Waals surface area (Å²) in [4.78, 5) is 13.6. The first kappa shape index (κ1) is 18.6. The average Bonchev–Trinajstić information content (AvgIpc) is 2.58. The molecule has 1 aliphatic rings. The molecule has 1 fully saturated rings. The Balaban J connectivity index is 2.07. The van der Waals surface area contributed by atoms with Gasteiger partial charge in [0.15, 0.2) is 0 Å². The van der Waals surface area contributed by atoms with Crippen LogP contribution in [0.5, 0.6) is 0 Å². The zero-order valence-electron chi connectivity index (χ0n) is 14.5. The van der Waals surface area contributed by atoms with Crippen LogP contribution in [0.2, 0.25) is 0 Å². The van der Waals surface area contributed by atoms with E-state index in [1.165, 1.54) is 29.8 Å². The van der Waals surface area contributed by atoms with E-state index in [0.717, 1.165) is 18.8 Å². The summed E-state index contributed by atoms with van der Waals surface area (Å²) in [7, 11) is -3.39. The van der Waals surface area contributed by atoms with E-state index >= 15 is 0 Å². The van der Waals surface area contributed by atoms with Crippen molar-refractivity contribution in [3.05, 3.63) is 24.3 Å². The lowest BCUT2D eigenvalue weighted by atomic mass is 10.1. The minimum atomic E-state index is -3.39. The summed E-state index contributed by atoms with van der Waals surface area (Å²) in [6.45, 7) is 4.40. The molecule has 0 spiro atoms. The Morgan fingerprint density at radius 2 is 1.79 bits per heavy atom. The van der Waals surface area contributed by atoms with Gasteiger partial charge in [0.05, 0.1) is 18.5 Å². The minimum Gasteiger partial charge on any atom is -0.372 e. The first-order valence-electron chi connectivity index (χ1n) is 8.51. The van der Waals surface area contributed by atoms with Crippen LogP contribution in [0, 0.1) is 0 Å². The van der Waals surface area contributed by atoms with Crippen molar-refractivity contribution in [1.29, 1.82) is 0 Å². The first-order valence-corrected chi connectivity index (χ1v) is 10.4. The molecule has 1 saturated heterocycles. The highest BCUT2D eigenvalue weighted by Crippen LogP contribution is 2.24. The van der Waals surface area contributed by atoms with E-state index < -0.39 is 10.0 Å². The average molecular weight is 353 g/mol. The number of nitrogens with zero attached hydrogens (tertiary/aromatic N) is 2. The van der Waals surface area contributed by atoms with Crippen LogP contribution in [0.1, 0.15) is 32.6 Å². The fourth-order valence-corrected chi connectivity index (χ4v) is 3.82. The molecule has 1 aliphatic heterocycles. The van der Waals surface area contributed by atoms with Crippen molar-refractivity contribution in [1.82, 2.24) is 5.32 Å². The number of hydrogen-bond acceptors (Lipinski definition) is 4. The Kier molecular flexibility index (Phi) is 6.48. The predicted octanol–water partition coefficient (Wildman–Crippen LogP) is 1.97. The number of nitrogens with one attached hydrogen (secondary N) is 1. The molecule has 24 heavy (non-hydrogen) atoms. The van der Waals surface area contributed by atoms with Gasteiger partial charge in [0.2, 0.25) is 15.9 Å². The number of piperidine rings is 1. The lowest BCUT2D eigenvalue weighted by Gasteiger charge is -2.29. The van der Waals surface area contributed by atoms with Crippen molar-refractivity contribution in [3.8, 4) is 0 Å². The standard InChI is InChI=1S/C17H27N3O3S/c1-3-17(21)18-11-14-20(24(2,22)23)16-9-7-15(8-10-16)19-12-5-4-6-13-19/h7-10H,3-6,11-14H2,1-2H3,(H,18,21). The highest BCUT2D eigenvalue weighted by atomic mass is 32.2. The molecule has 134 valence electrons. The van der Waals surface area contributed by atoms with Crippen LogP contribution in [-0.2, 0) is 14.8 Å². The smallest absolute Gasteiger partial charge is 0.232 e. The number of carbonyl (C=O) groups excluding carboxylic acids is 1. The third kappa shape index (κ3) is 5.12. The number of carbonyl (C=O) groups is 1. The van der Waals surface area contributed by atoms with E-state index in [4.69, 9.17) is 0 Å². The molecule has 1 amide bonds. The molecule has 2 rings (SSSR count). The van der Waals surface area contributed by atoms with E-state index in [-0.39, 0.29) is 12.5 Å². The van der Waals surface area contributed by atoms with Gasteiger partial charge in [0.25, 0.3) is 0 Å². The molecule has 1 heterocycles. The topological polar surface area (TPSA) is 69.7 Å². The van der Waals surface area contributed by atoms with Gasteiger partial charge in [0.1, 0.15) is 0 Å². The molecule has 6 nitrogen and oxygen atoms in total. The number of amides is 1. The summed E-state index contributed by atoms with van der Waals surface area (Å²) in [5, 5.41) is 2.71. The van der Waals surface area contributed by atoms with Crippen LogP contribution in [0.15, 0.2) is 24.3 Å². The fourth-order valence-electron chi connectivity index (χ4n) is 2.89. The Morgan fingerprint density at radius 3 is 2.33 bits per heavy atom. The van der Waals surface area contributed by atoms with Crippen molar-refractivity contribution in [2.45, 2.75) is 32.6 Å². The monoisotopic (exact) mass is 353 g/mol. The van der Waals surface area contributed by atoms with Crippen molar-refractivity contribution < 1.29 is 13.2 Å². The number of anilines is 2. The van der Waals surface area contributed by atoms with Crippen LogP contribution in [0.25, 0.3) is 0 Å². The second-order valence-corrected chi connectivity index (χ2v) is 8.01. The summed E-state index contributed by atoms with van der Waals surface area (Å²) in [5.41, 5.74) is 1.76. The maximum absolute atomic E-state index is 12.1. The van der Waals surface area contributed by atoms with Crippen LogP contribution >= 0.6 is 0 Å². The number of benzene rings is 1. The summed E-state index contributed by atoms with van der Waals surface area (Å²) in [5.74, 6) is -0.0797. The van der Waals surface area contributed by atoms with Crippen LogP contribution in [0.3, 0.4) is 0 Å². The van der Waals surface area contributed by atoms with Crippen molar-refractivity contribution in [2.24, 2.45) is 0 Å². The predicted molar refractivity (Wildman–Crippen MR) is 98.0 cm³/mol. The van der Waals surface area contributed by atoms with Gasteiger partial charge in [0, 0.05) is 31.7 Å². The molecule has 7 heteroatoms. The normalized spacial score (nSPS) is 15.2. The molecule has 0 bridgehead atoms. The molecule has 0 aromatic heterocycles. The number of rotatable bonds is 7. The Morgan fingerprint density at radius 1 is 1.17 bits per heavy atom. The summed E-state index contributed by atoms with van der Waals surface area (Å²) >= 11 is 0. The molecule has 0 aliphatic carbocycles. The van der Waals surface area contributed by atoms with Crippen LogP contribution < -0.4 is 14.5 Å². The van der Waals surface area contributed by atoms with Gasteiger partial charge in [-0.2, -0.15) is 0 Å². The molecule has 1 N–H and O–H groups in total. The molecule has 0 unspecified atom stereocenters. The van der Waals surface area contributed by atoms with Crippen LogP contribution in [-0.4, -0.2) is 46.8 Å². The number of hydrogen-bond donors (Lipinski definition) is 1. The van der Waals surface area contributed by atoms with E-state index in [9.17, 15) is 13.2 Å². The van der Waals surface area contributed by atoms with Gasteiger partial charge >= 0.3 is 0 Å². The third-order valence-corrected chi connectivity index (χ3v) is 5.41. The second kappa shape index (κ2) is 8.37. The van der Waals surface area contributed by atoms with Gasteiger partial charge in [-0.05, 0) is 43.5 Å². The maximum atomic E-state index is 12.1. The van der Waals surface area contributed by atoms with E-state index in [1.54, 1.807) is 6.92 Å². The molecular formula is C17H27N3O3S. The third-order valence-electron chi connectivity index (χ3n) is 4.22. The van der Waals surface area contributed by atoms with Crippen molar-refractivity contribution in [3.63, 3.8) is 0 Å².